The molecule has 1 rings (SSSR count). The fourth-order valence-electron chi connectivity index (χ4n) is 1.32. The van der Waals surface area contributed by atoms with Crippen LogP contribution in [0.1, 0.15) is 17.3 Å². The number of halogens is 1. The van der Waals surface area contributed by atoms with Crippen LogP contribution in [0.25, 0.3) is 0 Å². The molecule has 0 aliphatic rings. The highest BCUT2D eigenvalue weighted by Gasteiger charge is 2.08. The van der Waals surface area contributed by atoms with Gasteiger partial charge in [-0.1, -0.05) is 30.3 Å². The molecular weight excluding hydrogens is 284 g/mol. The van der Waals surface area contributed by atoms with E-state index < -0.39 is 0 Å². The van der Waals surface area contributed by atoms with Crippen molar-refractivity contribution in [2.24, 2.45) is 5.73 Å². The lowest BCUT2D eigenvalue weighted by Crippen LogP contribution is -2.38. The van der Waals surface area contributed by atoms with Gasteiger partial charge in [0.2, 0.25) is 5.91 Å². The van der Waals surface area contributed by atoms with Gasteiger partial charge in [0.15, 0.2) is 5.78 Å². The van der Waals surface area contributed by atoms with Gasteiger partial charge < -0.3 is 11.1 Å². The highest BCUT2D eigenvalue weighted by molar-refractivity contribution is 8.00. The van der Waals surface area contributed by atoms with Crippen molar-refractivity contribution >= 4 is 35.9 Å². The zero-order chi connectivity index (χ0) is 13.4. The molecule has 6 heteroatoms. The molecule has 0 aromatic heterocycles. The smallest absolute Gasteiger partial charge is 0.230 e. The Bertz CT molecular complexity index is 401. The highest BCUT2D eigenvalue weighted by atomic mass is 35.5. The van der Waals surface area contributed by atoms with E-state index in [9.17, 15) is 9.59 Å². The normalized spacial score (nSPS) is 11.3. The van der Waals surface area contributed by atoms with Crippen LogP contribution >= 0.6 is 24.2 Å². The van der Waals surface area contributed by atoms with Crippen molar-refractivity contribution < 1.29 is 9.59 Å². The second-order valence-electron chi connectivity index (χ2n) is 3.99. The number of nitrogens with one attached hydrogen (secondary N) is 1. The van der Waals surface area contributed by atoms with E-state index in [0.29, 0.717) is 17.9 Å². The van der Waals surface area contributed by atoms with Crippen LogP contribution < -0.4 is 11.1 Å². The number of hydrogen-bond donors (Lipinski definition) is 2. The molecule has 0 saturated heterocycles. The van der Waals surface area contributed by atoms with Gasteiger partial charge in [0, 0.05) is 18.2 Å². The molecule has 0 bridgehead atoms. The third kappa shape index (κ3) is 7.20. The third-order valence-corrected chi connectivity index (χ3v) is 3.26. The van der Waals surface area contributed by atoms with Crippen molar-refractivity contribution in [2.45, 2.75) is 13.0 Å². The lowest BCUT2D eigenvalue weighted by molar-refractivity contribution is -0.119. The number of hydrogen-bond acceptors (Lipinski definition) is 4. The quantitative estimate of drug-likeness (QED) is 0.749. The van der Waals surface area contributed by atoms with Crippen LogP contribution in [0.4, 0.5) is 0 Å². The Morgan fingerprint density at radius 2 is 1.89 bits per heavy atom. The van der Waals surface area contributed by atoms with Crippen molar-refractivity contribution in [1.29, 1.82) is 0 Å². The summed E-state index contributed by atoms with van der Waals surface area (Å²) in [7, 11) is 0. The van der Waals surface area contributed by atoms with E-state index in [-0.39, 0.29) is 35.9 Å². The Morgan fingerprint density at radius 3 is 2.47 bits per heavy atom. The third-order valence-electron chi connectivity index (χ3n) is 2.32. The van der Waals surface area contributed by atoms with Crippen molar-refractivity contribution in [3.05, 3.63) is 35.9 Å². The molecule has 0 fully saturated rings. The molecule has 1 aromatic carbocycles. The first-order chi connectivity index (χ1) is 8.63. The van der Waals surface area contributed by atoms with E-state index in [1.54, 1.807) is 12.1 Å². The van der Waals surface area contributed by atoms with Crippen LogP contribution in [-0.2, 0) is 4.79 Å². The first-order valence-corrected chi connectivity index (χ1v) is 6.94. The monoisotopic (exact) mass is 302 g/mol. The molecule has 0 aliphatic heterocycles. The molecule has 0 unspecified atom stereocenters. The van der Waals surface area contributed by atoms with Gasteiger partial charge in [-0.2, -0.15) is 0 Å². The summed E-state index contributed by atoms with van der Waals surface area (Å²) >= 11 is 1.31. The fraction of sp³-hybridized carbons (Fsp3) is 0.385. The van der Waals surface area contributed by atoms with Crippen molar-refractivity contribution in [3.8, 4) is 0 Å². The summed E-state index contributed by atoms with van der Waals surface area (Å²) in [6, 6.07) is 9.05. The molecular formula is C13H19ClN2O2S. The molecule has 0 heterocycles. The first kappa shape index (κ1) is 18.0. The number of carbonyl (C=O) groups is 2. The van der Waals surface area contributed by atoms with Crippen LogP contribution in [0, 0.1) is 0 Å². The van der Waals surface area contributed by atoms with Gasteiger partial charge in [-0.25, -0.2) is 0 Å². The molecule has 1 aromatic rings. The molecule has 0 radical (unpaired) electrons. The minimum absolute atomic E-state index is 0. The lowest BCUT2D eigenvalue weighted by Gasteiger charge is -2.10. The van der Waals surface area contributed by atoms with Crippen molar-refractivity contribution in [1.82, 2.24) is 5.32 Å². The fourth-order valence-corrected chi connectivity index (χ4v) is 2.04. The van der Waals surface area contributed by atoms with E-state index in [1.807, 2.05) is 25.1 Å². The number of rotatable bonds is 7. The van der Waals surface area contributed by atoms with Crippen LogP contribution in [-0.4, -0.2) is 35.8 Å². The number of ketones is 1. The summed E-state index contributed by atoms with van der Waals surface area (Å²) in [6.45, 7) is 2.26. The Balaban J connectivity index is 0.00000324. The molecule has 1 amide bonds. The van der Waals surface area contributed by atoms with Gasteiger partial charge in [-0.3, -0.25) is 9.59 Å². The Morgan fingerprint density at radius 1 is 1.26 bits per heavy atom. The van der Waals surface area contributed by atoms with Crippen LogP contribution in [0.3, 0.4) is 0 Å². The highest BCUT2D eigenvalue weighted by Crippen LogP contribution is 2.07. The average Bonchev–Trinajstić information content (AvgIpc) is 2.39. The summed E-state index contributed by atoms with van der Waals surface area (Å²) in [5, 5.41) is 2.75. The molecule has 1 atom stereocenters. The van der Waals surface area contributed by atoms with Gasteiger partial charge >= 0.3 is 0 Å². The van der Waals surface area contributed by atoms with Crippen LogP contribution in [0.15, 0.2) is 30.3 Å². The summed E-state index contributed by atoms with van der Waals surface area (Å²) in [5.41, 5.74) is 6.08. The van der Waals surface area contributed by atoms with E-state index >= 15 is 0 Å². The number of Topliss-reactive ketones (excluding diaryl/α,β-unsaturated/α-hetero) is 1. The van der Waals surface area contributed by atoms with E-state index in [2.05, 4.69) is 5.32 Å². The van der Waals surface area contributed by atoms with Gasteiger partial charge in [0.05, 0.1) is 11.5 Å². The zero-order valence-electron chi connectivity index (χ0n) is 10.8. The molecule has 3 N–H and O–H groups in total. The molecule has 0 aliphatic carbocycles. The Labute approximate surface area is 123 Å². The maximum Gasteiger partial charge on any atom is 0.230 e. The summed E-state index contributed by atoms with van der Waals surface area (Å²) in [6.07, 6.45) is 0. The SMILES string of the molecule is C[C@@H](CN)NC(=O)CSCC(=O)c1ccccc1.Cl. The average molecular weight is 303 g/mol. The molecule has 19 heavy (non-hydrogen) atoms. The van der Waals surface area contributed by atoms with Gasteiger partial charge in [0.25, 0.3) is 0 Å². The van der Waals surface area contributed by atoms with E-state index in [4.69, 9.17) is 5.73 Å². The van der Waals surface area contributed by atoms with E-state index in [1.165, 1.54) is 11.8 Å². The topological polar surface area (TPSA) is 72.2 Å². The number of amides is 1. The maximum atomic E-state index is 11.7. The summed E-state index contributed by atoms with van der Waals surface area (Å²) in [5.74, 6) is 0.552. The standard InChI is InChI=1S/C13H18N2O2S.ClH/c1-10(7-14)15-13(17)9-18-8-12(16)11-5-3-2-4-6-11;/h2-6,10H,7-9,14H2,1H3,(H,15,17);1H/t10-;/m0./s1. The Hall–Kier alpha value is -1.04. The Kier molecular flexibility index (Phi) is 9.30. The largest absolute Gasteiger partial charge is 0.352 e. The molecule has 0 spiro atoms. The van der Waals surface area contributed by atoms with Gasteiger partial charge in [-0.05, 0) is 6.92 Å². The minimum atomic E-state index is -0.0844. The predicted molar refractivity (Wildman–Crippen MR) is 82.0 cm³/mol. The predicted octanol–water partition coefficient (Wildman–Crippen LogP) is 1.49. The minimum Gasteiger partial charge on any atom is -0.352 e. The second kappa shape index (κ2) is 9.83. The second-order valence-corrected chi connectivity index (χ2v) is 4.97. The van der Waals surface area contributed by atoms with E-state index in [0.717, 1.165) is 0 Å². The van der Waals surface area contributed by atoms with Crippen LogP contribution in [0.5, 0.6) is 0 Å². The zero-order valence-corrected chi connectivity index (χ0v) is 12.4. The van der Waals surface area contributed by atoms with Crippen molar-refractivity contribution in [2.75, 3.05) is 18.1 Å². The number of nitrogens with two attached hydrogens (primary N) is 1. The van der Waals surface area contributed by atoms with Gasteiger partial charge in [0.1, 0.15) is 0 Å². The first-order valence-electron chi connectivity index (χ1n) is 5.79. The lowest BCUT2D eigenvalue weighted by atomic mass is 10.2. The van der Waals surface area contributed by atoms with Crippen LogP contribution in [0.2, 0.25) is 0 Å². The number of benzene rings is 1. The number of carbonyl (C=O) groups excluding carboxylic acids is 2. The van der Waals surface area contributed by atoms with Crippen molar-refractivity contribution in [3.63, 3.8) is 0 Å². The summed E-state index contributed by atoms with van der Waals surface area (Å²) in [4.78, 5) is 23.2. The van der Waals surface area contributed by atoms with Gasteiger partial charge in [-0.15, -0.1) is 24.2 Å². The number of thioether (sulfide) groups is 1. The maximum absolute atomic E-state index is 11.7. The summed E-state index contributed by atoms with van der Waals surface area (Å²) < 4.78 is 0. The molecule has 4 nitrogen and oxygen atoms in total. The molecule has 106 valence electrons. The molecule has 0 saturated carbocycles.